The lowest BCUT2D eigenvalue weighted by Crippen LogP contribution is -2.56. The summed E-state index contributed by atoms with van der Waals surface area (Å²) >= 11 is 0. The molecule has 43 heavy (non-hydrogen) atoms. The molecule has 4 heterocycles. The van der Waals surface area contributed by atoms with Crippen LogP contribution in [0.15, 0.2) is 42.7 Å². The molecule has 1 aliphatic carbocycles. The molecule has 2 aromatic carbocycles. The number of anilines is 1. The minimum absolute atomic E-state index is 0.0347. The number of amides is 3. The van der Waals surface area contributed by atoms with Crippen LogP contribution in [0.4, 0.5) is 18.9 Å². The van der Waals surface area contributed by atoms with Crippen LogP contribution in [0.3, 0.4) is 0 Å². The largest absolute Gasteiger partial charge is 0.413 e. The fraction of sp³-hybridized carbons (Fsp3) is 0.500. The first-order valence-electron chi connectivity index (χ1n) is 15.0. The van der Waals surface area contributed by atoms with Crippen LogP contribution in [0.5, 0.6) is 0 Å². The molecule has 1 aromatic heterocycles. The number of halogens is 3. The highest BCUT2D eigenvalue weighted by molar-refractivity contribution is 6.27. The lowest BCUT2D eigenvalue weighted by Gasteiger charge is -2.47. The van der Waals surface area contributed by atoms with E-state index in [1.54, 1.807) is 18.2 Å². The Morgan fingerprint density at radius 2 is 1.81 bits per heavy atom. The second-order valence-corrected chi connectivity index (χ2v) is 13.1. The lowest BCUT2D eigenvalue weighted by molar-refractivity contribution is -0.232. The Bertz CT molecular complexity index is 1630. The summed E-state index contributed by atoms with van der Waals surface area (Å²) in [4.78, 5) is 41.4. The molecule has 1 saturated carbocycles. The quantitative estimate of drug-likeness (QED) is 0.410. The molecule has 3 amide bonds. The second-order valence-electron chi connectivity index (χ2n) is 13.1. The third kappa shape index (κ3) is 4.54. The van der Waals surface area contributed by atoms with E-state index in [9.17, 15) is 27.6 Å². The number of alkyl halides is 3. The zero-order valence-electron chi connectivity index (χ0n) is 24.0. The minimum atomic E-state index is -4.44. The number of imide groups is 1. The van der Waals surface area contributed by atoms with Gasteiger partial charge in [0, 0.05) is 49.6 Å². The van der Waals surface area contributed by atoms with E-state index >= 15 is 0 Å². The summed E-state index contributed by atoms with van der Waals surface area (Å²) in [5.74, 6) is -1.15. The number of hydrogen-bond donors (Lipinski definition) is 1. The molecule has 1 N–H and O–H groups in total. The smallest absolute Gasteiger partial charge is 0.303 e. The highest BCUT2D eigenvalue weighted by atomic mass is 19.4. The van der Waals surface area contributed by atoms with Crippen LogP contribution in [0.1, 0.15) is 73.4 Å². The fourth-order valence-electron chi connectivity index (χ4n) is 7.57. The van der Waals surface area contributed by atoms with Crippen molar-refractivity contribution in [2.24, 2.45) is 5.41 Å². The lowest BCUT2D eigenvalue weighted by atomic mass is 9.70. The molecule has 1 unspecified atom stereocenters. The Balaban J connectivity index is 1.15. The van der Waals surface area contributed by atoms with Crippen LogP contribution >= 0.6 is 0 Å². The number of carbonyl (C=O) groups is 3. The van der Waals surface area contributed by atoms with E-state index in [2.05, 4.69) is 22.2 Å². The number of likely N-dealkylation sites (tertiary alicyclic amines) is 1. The number of piperidine rings is 2. The van der Waals surface area contributed by atoms with Crippen LogP contribution in [-0.2, 0) is 21.5 Å². The van der Waals surface area contributed by atoms with Gasteiger partial charge in [0.15, 0.2) is 5.54 Å². The number of nitrogens with zero attached hydrogens (tertiary/aromatic N) is 4. The molecule has 0 bridgehead atoms. The minimum Gasteiger partial charge on any atom is -0.303 e. The van der Waals surface area contributed by atoms with Gasteiger partial charge in [-0.05, 0) is 66.2 Å². The maximum absolute atomic E-state index is 14.7. The molecule has 0 radical (unpaired) electrons. The van der Waals surface area contributed by atoms with E-state index in [4.69, 9.17) is 0 Å². The molecule has 7 rings (SSSR count). The number of benzene rings is 2. The molecule has 226 valence electrons. The van der Waals surface area contributed by atoms with Crippen LogP contribution in [0.2, 0.25) is 0 Å². The monoisotopic (exact) mass is 593 g/mol. The molecule has 8 nitrogen and oxygen atoms in total. The molecule has 3 aliphatic heterocycles. The summed E-state index contributed by atoms with van der Waals surface area (Å²) in [5.41, 5.74) is 0.749. The van der Waals surface area contributed by atoms with Gasteiger partial charge in [0.2, 0.25) is 11.8 Å². The molecule has 0 spiro atoms. The van der Waals surface area contributed by atoms with Gasteiger partial charge in [0.1, 0.15) is 6.04 Å². The number of hydrogen-bond acceptors (Lipinski definition) is 5. The molecular formula is C32H34F3N5O3. The highest BCUT2D eigenvalue weighted by Gasteiger charge is 2.58. The van der Waals surface area contributed by atoms with Gasteiger partial charge in [-0.3, -0.25) is 29.3 Å². The SMILES string of the molecule is CC1(CN2CCC(n3cc(Cc4ccc5c6c(cccc46)C(=O)N5C4CCC(=O)NC4=O)cn3)(C(F)(F)F)CC2)CCC1. The third-order valence-corrected chi connectivity index (χ3v) is 10.2. The number of rotatable bonds is 6. The second kappa shape index (κ2) is 9.90. The van der Waals surface area contributed by atoms with Gasteiger partial charge in [-0.1, -0.05) is 31.5 Å². The molecule has 3 aromatic rings. The van der Waals surface area contributed by atoms with Crippen molar-refractivity contribution in [3.8, 4) is 0 Å². The fourth-order valence-corrected chi connectivity index (χ4v) is 7.57. The number of nitrogens with one attached hydrogen (secondary N) is 1. The van der Waals surface area contributed by atoms with E-state index in [0.29, 0.717) is 41.7 Å². The normalized spacial score (nSPS) is 23.5. The van der Waals surface area contributed by atoms with Gasteiger partial charge < -0.3 is 4.90 Å². The summed E-state index contributed by atoms with van der Waals surface area (Å²) in [6.45, 7) is 3.85. The van der Waals surface area contributed by atoms with Crippen molar-refractivity contribution in [2.75, 3.05) is 24.5 Å². The highest BCUT2D eigenvalue weighted by Crippen LogP contribution is 2.47. The maximum Gasteiger partial charge on any atom is 0.413 e. The zero-order chi connectivity index (χ0) is 30.1. The average Bonchev–Trinajstić information content (AvgIpc) is 3.53. The number of carbonyl (C=O) groups excluding carboxylic acids is 3. The van der Waals surface area contributed by atoms with Gasteiger partial charge in [0.25, 0.3) is 5.91 Å². The van der Waals surface area contributed by atoms with Crippen molar-refractivity contribution in [3.05, 3.63) is 59.4 Å². The van der Waals surface area contributed by atoms with Gasteiger partial charge >= 0.3 is 6.18 Å². The van der Waals surface area contributed by atoms with E-state index in [1.807, 2.05) is 12.1 Å². The summed E-state index contributed by atoms with van der Waals surface area (Å²) in [7, 11) is 0. The topological polar surface area (TPSA) is 87.5 Å². The Morgan fingerprint density at radius 1 is 1.05 bits per heavy atom. The summed E-state index contributed by atoms with van der Waals surface area (Å²) < 4.78 is 45.2. The molecule has 3 fully saturated rings. The predicted octanol–water partition coefficient (Wildman–Crippen LogP) is 4.94. The molecule has 11 heteroatoms. The Morgan fingerprint density at radius 3 is 2.49 bits per heavy atom. The average molecular weight is 594 g/mol. The first-order chi connectivity index (χ1) is 20.5. The van der Waals surface area contributed by atoms with Gasteiger partial charge in [-0.25, -0.2) is 0 Å². The van der Waals surface area contributed by atoms with Gasteiger partial charge in [-0.2, -0.15) is 18.3 Å². The predicted molar refractivity (Wildman–Crippen MR) is 154 cm³/mol. The molecule has 2 saturated heterocycles. The van der Waals surface area contributed by atoms with Crippen LogP contribution in [-0.4, -0.2) is 64.3 Å². The molecular weight excluding hydrogens is 559 g/mol. The van der Waals surface area contributed by atoms with Crippen molar-refractivity contribution >= 4 is 34.2 Å². The molecule has 1 atom stereocenters. The third-order valence-electron chi connectivity index (χ3n) is 10.2. The Hall–Kier alpha value is -3.73. The van der Waals surface area contributed by atoms with Crippen molar-refractivity contribution in [1.82, 2.24) is 20.0 Å². The van der Waals surface area contributed by atoms with E-state index < -0.39 is 23.7 Å². The van der Waals surface area contributed by atoms with Crippen molar-refractivity contribution in [1.29, 1.82) is 0 Å². The van der Waals surface area contributed by atoms with E-state index in [-0.39, 0.29) is 42.9 Å². The summed E-state index contributed by atoms with van der Waals surface area (Å²) in [5, 5.41) is 8.11. The van der Waals surface area contributed by atoms with Crippen molar-refractivity contribution in [3.63, 3.8) is 0 Å². The molecule has 4 aliphatic rings. The summed E-state index contributed by atoms with van der Waals surface area (Å²) in [6, 6.07) is 8.24. The van der Waals surface area contributed by atoms with E-state index in [0.717, 1.165) is 35.0 Å². The standard InChI is InChI=1S/C32H34F3N5O3/c1-30(10-3-11-30)19-38-14-12-31(13-15-38,32(33,34)35)39-18-20(17-36-39)16-21-6-7-24-27-22(21)4-2-5-23(27)29(43)40(24)25-8-9-26(41)37-28(25)42/h2,4-7,17-18,25H,3,8-16,19H2,1H3,(H,37,41,42). The Labute approximate surface area is 247 Å². The zero-order valence-corrected chi connectivity index (χ0v) is 24.0. The van der Waals surface area contributed by atoms with Crippen LogP contribution in [0.25, 0.3) is 10.8 Å². The van der Waals surface area contributed by atoms with Gasteiger partial charge in [0.05, 0.1) is 11.9 Å². The van der Waals surface area contributed by atoms with Crippen LogP contribution in [0, 0.1) is 5.41 Å². The Kier molecular flexibility index (Phi) is 6.46. The maximum atomic E-state index is 14.7. The van der Waals surface area contributed by atoms with Crippen molar-refractivity contribution in [2.45, 2.75) is 76.0 Å². The first-order valence-corrected chi connectivity index (χ1v) is 15.0. The van der Waals surface area contributed by atoms with Crippen LogP contribution < -0.4 is 10.2 Å². The number of aromatic nitrogens is 2. The van der Waals surface area contributed by atoms with E-state index in [1.165, 1.54) is 23.7 Å². The summed E-state index contributed by atoms with van der Waals surface area (Å²) in [6.07, 6.45) is 2.73. The van der Waals surface area contributed by atoms with Crippen molar-refractivity contribution < 1.29 is 27.6 Å². The van der Waals surface area contributed by atoms with Gasteiger partial charge in [-0.15, -0.1) is 0 Å². The first kappa shape index (κ1) is 28.1.